The smallest absolute Gasteiger partial charge is 0.416 e. The highest BCUT2D eigenvalue weighted by Gasteiger charge is 2.50. The van der Waals surface area contributed by atoms with Gasteiger partial charge in [-0.15, -0.1) is 0 Å². The second-order valence-electron chi connectivity index (χ2n) is 11.0. The summed E-state index contributed by atoms with van der Waals surface area (Å²) in [4.78, 5) is 15.9. The molecule has 2 saturated carbocycles. The molecule has 3 aliphatic rings. The molecule has 1 aliphatic heterocycles. The molecule has 0 unspecified atom stereocenters. The van der Waals surface area contributed by atoms with Crippen LogP contribution in [-0.2, 0) is 30.5 Å². The lowest BCUT2D eigenvalue weighted by molar-refractivity contribution is -0.139. The number of anilines is 1. The topological polar surface area (TPSA) is 67.8 Å². The van der Waals surface area contributed by atoms with Gasteiger partial charge in [-0.05, 0) is 80.9 Å². The Morgan fingerprint density at radius 3 is 2.50 bits per heavy atom. The number of likely N-dealkylation sites (N-methyl/N-ethyl adjacent to an activating group) is 1. The van der Waals surface area contributed by atoms with E-state index in [1.165, 1.54) is 42.6 Å². The third-order valence-corrected chi connectivity index (χ3v) is 7.47. The molecule has 2 aromatic carbocycles. The minimum absolute atomic E-state index is 0.240. The van der Waals surface area contributed by atoms with Crippen molar-refractivity contribution in [1.29, 1.82) is 0 Å². The van der Waals surface area contributed by atoms with Crippen molar-refractivity contribution < 1.29 is 23.1 Å². The van der Waals surface area contributed by atoms with Gasteiger partial charge in [-0.2, -0.15) is 13.2 Å². The number of carboxylic acids is 1. The van der Waals surface area contributed by atoms with E-state index in [4.69, 9.17) is 0 Å². The minimum Gasteiger partial charge on any atom is -0.480 e. The van der Waals surface area contributed by atoms with Gasteiger partial charge in [-0.1, -0.05) is 30.3 Å². The van der Waals surface area contributed by atoms with Gasteiger partial charge < -0.3 is 20.6 Å². The zero-order chi connectivity index (χ0) is 27.3. The highest BCUT2D eigenvalue weighted by molar-refractivity contribution is 5.86. The van der Waals surface area contributed by atoms with Crippen molar-refractivity contribution >= 4 is 11.7 Å². The first-order valence-corrected chi connectivity index (χ1v) is 13.4. The monoisotopic (exact) mass is 532 g/mol. The second kappa shape index (κ2) is 12.1. The average molecular weight is 533 g/mol. The number of aliphatic carboxylic acids is 1. The number of carbonyl (C=O) groups is 1. The van der Waals surface area contributed by atoms with Gasteiger partial charge in [0.15, 0.2) is 0 Å². The number of hydrogen-bond acceptors (Lipinski definition) is 5. The van der Waals surface area contributed by atoms with Crippen LogP contribution in [0.4, 0.5) is 18.9 Å². The fourth-order valence-electron chi connectivity index (χ4n) is 4.86. The molecule has 3 N–H and O–H groups in total. The standard InChI is InChI=1S/C17H22N2O2.C12H17F3N2/c20-16(21)17(7-8-17)18-15-3-1-2-13-11-19(9-6-14(13)15)10-12-4-5-12;1-17(2)8-7-16-9-10-5-3-4-6-11(10)12(13,14)15/h1-3,12,18H,4-11H2,(H,20,21);3-6,16H,7-9H2,1-2H3. The number of hydrogen-bond donors (Lipinski definition) is 3. The summed E-state index contributed by atoms with van der Waals surface area (Å²) in [6, 6.07) is 11.9. The molecule has 0 amide bonds. The van der Waals surface area contributed by atoms with Crippen LogP contribution in [0.1, 0.15) is 47.9 Å². The summed E-state index contributed by atoms with van der Waals surface area (Å²) >= 11 is 0. The summed E-state index contributed by atoms with van der Waals surface area (Å²) in [6.45, 7) is 5.05. The minimum atomic E-state index is -4.28. The van der Waals surface area contributed by atoms with E-state index in [1.807, 2.05) is 25.1 Å². The van der Waals surface area contributed by atoms with Crippen LogP contribution in [0, 0.1) is 5.92 Å². The van der Waals surface area contributed by atoms with E-state index >= 15 is 0 Å². The number of fused-ring (bicyclic) bond motifs is 1. The van der Waals surface area contributed by atoms with Gasteiger partial charge in [-0.3, -0.25) is 4.90 Å². The molecule has 208 valence electrons. The Balaban J connectivity index is 0.000000182. The molecule has 9 heteroatoms. The van der Waals surface area contributed by atoms with Crippen LogP contribution in [0.15, 0.2) is 42.5 Å². The van der Waals surface area contributed by atoms with Crippen molar-refractivity contribution in [1.82, 2.24) is 15.1 Å². The number of nitrogens with one attached hydrogen (secondary N) is 2. The maximum absolute atomic E-state index is 12.6. The summed E-state index contributed by atoms with van der Waals surface area (Å²) in [5, 5.41) is 15.7. The van der Waals surface area contributed by atoms with Gasteiger partial charge in [0.05, 0.1) is 5.56 Å². The Hall–Kier alpha value is -2.62. The largest absolute Gasteiger partial charge is 0.480 e. The van der Waals surface area contributed by atoms with Gasteiger partial charge >= 0.3 is 12.1 Å². The molecule has 0 aromatic heterocycles. The average Bonchev–Trinajstić information content (AvgIpc) is 3.79. The highest BCUT2D eigenvalue weighted by atomic mass is 19.4. The van der Waals surface area contributed by atoms with Gasteiger partial charge in [0, 0.05) is 45.0 Å². The van der Waals surface area contributed by atoms with Gasteiger partial charge in [0.2, 0.25) is 0 Å². The first-order chi connectivity index (χ1) is 18.1. The summed E-state index contributed by atoms with van der Waals surface area (Å²) in [7, 11) is 3.84. The van der Waals surface area contributed by atoms with Crippen LogP contribution in [0.5, 0.6) is 0 Å². The van der Waals surface area contributed by atoms with Gasteiger partial charge in [0.25, 0.3) is 0 Å². The Kier molecular flexibility index (Phi) is 9.00. The molecule has 2 aromatic rings. The Bertz CT molecular complexity index is 1100. The van der Waals surface area contributed by atoms with Crippen LogP contribution < -0.4 is 10.6 Å². The van der Waals surface area contributed by atoms with Crippen LogP contribution in [-0.4, -0.2) is 66.7 Å². The molecule has 5 rings (SSSR count). The predicted octanol–water partition coefficient (Wildman–Crippen LogP) is 4.84. The maximum Gasteiger partial charge on any atom is 0.416 e. The molecular weight excluding hydrogens is 493 g/mol. The van der Waals surface area contributed by atoms with Crippen molar-refractivity contribution in [2.75, 3.05) is 45.6 Å². The van der Waals surface area contributed by atoms with E-state index in [-0.39, 0.29) is 6.54 Å². The van der Waals surface area contributed by atoms with E-state index in [9.17, 15) is 23.1 Å². The van der Waals surface area contributed by atoms with E-state index in [1.54, 1.807) is 6.07 Å². The van der Waals surface area contributed by atoms with Crippen molar-refractivity contribution in [3.05, 3.63) is 64.7 Å². The fraction of sp³-hybridized carbons (Fsp3) is 0.552. The first-order valence-electron chi connectivity index (χ1n) is 13.4. The predicted molar refractivity (Wildman–Crippen MR) is 143 cm³/mol. The van der Waals surface area contributed by atoms with E-state index in [0.29, 0.717) is 12.1 Å². The van der Waals surface area contributed by atoms with E-state index in [0.717, 1.165) is 56.6 Å². The molecule has 0 atom stereocenters. The Labute approximate surface area is 223 Å². The number of halogens is 3. The third kappa shape index (κ3) is 7.71. The zero-order valence-corrected chi connectivity index (χ0v) is 22.3. The van der Waals surface area contributed by atoms with Crippen LogP contribution >= 0.6 is 0 Å². The molecule has 2 aliphatic carbocycles. The quantitative estimate of drug-likeness (QED) is 0.381. The summed E-state index contributed by atoms with van der Waals surface area (Å²) < 4.78 is 37.9. The molecule has 1 heterocycles. The molecule has 0 radical (unpaired) electrons. The molecular formula is C29H39F3N4O2. The first kappa shape index (κ1) is 28.4. The molecule has 38 heavy (non-hydrogen) atoms. The molecule has 0 bridgehead atoms. The fourth-order valence-corrected chi connectivity index (χ4v) is 4.86. The lowest BCUT2D eigenvalue weighted by Crippen LogP contribution is -2.35. The Morgan fingerprint density at radius 2 is 1.87 bits per heavy atom. The van der Waals surface area contributed by atoms with Crippen molar-refractivity contribution in [2.24, 2.45) is 5.92 Å². The van der Waals surface area contributed by atoms with Crippen molar-refractivity contribution in [3.8, 4) is 0 Å². The molecule has 0 saturated heterocycles. The van der Waals surface area contributed by atoms with E-state index in [2.05, 4.69) is 27.7 Å². The highest BCUT2D eigenvalue weighted by Crippen LogP contribution is 2.41. The summed E-state index contributed by atoms with van der Waals surface area (Å²) in [6.07, 6.45) is 1.01. The van der Waals surface area contributed by atoms with Gasteiger partial charge in [-0.25, -0.2) is 4.79 Å². The van der Waals surface area contributed by atoms with Crippen molar-refractivity contribution in [2.45, 2.75) is 56.9 Å². The second-order valence-corrected chi connectivity index (χ2v) is 11.0. The van der Waals surface area contributed by atoms with Crippen LogP contribution in [0.3, 0.4) is 0 Å². The lowest BCUT2D eigenvalue weighted by atomic mass is 9.97. The Morgan fingerprint density at radius 1 is 1.13 bits per heavy atom. The molecule has 2 fully saturated rings. The molecule has 0 spiro atoms. The normalized spacial score (nSPS) is 18.4. The number of rotatable bonds is 10. The lowest BCUT2D eigenvalue weighted by Gasteiger charge is -2.31. The van der Waals surface area contributed by atoms with Crippen molar-refractivity contribution in [3.63, 3.8) is 0 Å². The zero-order valence-electron chi connectivity index (χ0n) is 22.3. The number of carboxylic acid groups (broad SMARTS) is 1. The van der Waals surface area contributed by atoms with Gasteiger partial charge in [0.1, 0.15) is 5.54 Å². The SMILES string of the molecule is CN(C)CCNCc1ccccc1C(F)(F)F.O=C(O)C1(Nc2cccc3c2CCN(CC2CC2)C3)CC1. The number of benzene rings is 2. The van der Waals surface area contributed by atoms with E-state index < -0.39 is 23.2 Å². The summed E-state index contributed by atoms with van der Waals surface area (Å²) in [5.41, 5.74) is 2.78. The maximum atomic E-state index is 12.6. The van der Waals surface area contributed by atoms with Crippen LogP contribution in [0.2, 0.25) is 0 Å². The number of alkyl halides is 3. The third-order valence-electron chi connectivity index (χ3n) is 7.47. The van der Waals surface area contributed by atoms with Crippen LogP contribution in [0.25, 0.3) is 0 Å². The summed E-state index contributed by atoms with van der Waals surface area (Å²) in [5.74, 6) is 0.209. The number of nitrogens with zero attached hydrogens (tertiary/aromatic N) is 2. The molecule has 6 nitrogen and oxygen atoms in total.